The van der Waals surface area contributed by atoms with E-state index >= 15 is 0 Å². The molecule has 0 unspecified atom stereocenters. The third kappa shape index (κ3) is 4.09. The van der Waals surface area contributed by atoms with Crippen LogP contribution in [0.5, 0.6) is 0 Å². The molecule has 0 saturated carbocycles. The van der Waals surface area contributed by atoms with E-state index in [-0.39, 0.29) is 5.91 Å². The van der Waals surface area contributed by atoms with Gasteiger partial charge in [0.15, 0.2) is 0 Å². The molecule has 0 aliphatic carbocycles. The summed E-state index contributed by atoms with van der Waals surface area (Å²) in [5.74, 6) is -0.00490. The standard InChI is InChI=1S/C18H21ClN2O/c1-13(22)21(12-14-4-8-16(19)9-5-14)17-10-6-15(7-11-17)18(2,3)20/h4-11H,12,20H2,1-3H3. The lowest BCUT2D eigenvalue weighted by Crippen LogP contribution is -2.30. The van der Waals surface area contributed by atoms with Crippen molar-refractivity contribution < 1.29 is 4.79 Å². The van der Waals surface area contributed by atoms with E-state index in [4.69, 9.17) is 17.3 Å². The number of nitrogens with zero attached hydrogens (tertiary/aromatic N) is 1. The third-order valence-corrected chi connectivity index (χ3v) is 3.81. The average molecular weight is 317 g/mol. The quantitative estimate of drug-likeness (QED) is 0.923. The fourth-order valence-corrected chi connectivity index (χ4v) is 2.35. The summed E-state index contributed by atoms with van der Waals surface area (Å²) in [6.07, 6.45) is 0. The van der Waals surface area contributed by atoms with E-state index in [0.717, 1.165) is 16.8 Å². The van der Waals surface area contributed by atoms with Crippen molar-refractivity contribution in [2.45, 2.75) is 32.9 Å². The molecule has 2 aromatic carbocycles. The van der Waals surface area contributed by atoms with Crippen molar-refractivity contribution in [3.05, 3.63) is 64.7 Å². The summed E-state index contributed by atoms with van der Waals surface area (Å²) in [6, 6.07) is 15.3. The Hall–Kier alpha value is -1.84. The van der Waals surface area contributed by atoms with Gasteiger partial charge in [0, 0.05) is 23.2 Å². The van der Waals surface area contributed by atoms with Gasteiger partial charge in [-0.15, -0.1) is 0 Å². The van der Waals surface area contributed by atoms with Crippen molar-refractivity contribution in [3.63, 3.8) is 0 Å². The van der Waals surface area contributed by atoms with E-state index < -0.39 is 5.54 Å². The minimum Gasteiger partial charge on any atom is -0.322 e. The number of anilines is 1. The van der Waals surface area contributed by atoms with Crippen LogP contribution in [-0.2, 0) is 16.9 Å². The molecule has 0 atom stereocenters. The first kappa shape index (κ1) is 16.5. The summed E-state index contributed by atoms with van der Waals surface area (Å²) in [5.41, 5.74) is 8.62. The number of hydrogen-bond acceptors (Lipinski definition) is 2. The van der Waals surface area contributed by atoms with E-state index in [0.29, 0.717) is 11.6 Å². The van der Waals surface area contributed by atoms with Crippen LogP contribution in [0.3, 0.4) is 0 Å². The number of hydrogen-bond donors (Lipinski definition) is 1. The van der Waals surface area contributed by atoms with Crippen molar-refractivity contribution in [3.8, 4) is 0 Å². The maximum Gasteiger partial charge on any atom is 0.224 e. The Balaban J connectivity index is 2.24. The average Bonchev–Trinajstić information content (AvgIpc) is 2.45. The molecule has 0 heterocycles. The Kier molecular flexibility index (Phi) is 4.89. The van der Waals surface area contributed by atoms with Crippen molar-refractivity contribution in [2.75, 3.05) is 4.90 Å². The van der Waals surface area contributed by atoms with Gasteiger partial charge in [0.1, 0.15) is 0 Å². The number of carbonyl (C=O) groups excluding carboxylic acids is 1. The van der Waals surface area contributed by atoms with Crippen molar-refractivity contribution in [1.82, 2.24) is 0 Å². The van der Waals surface area contributed by atoms with Gasteiger partial charge in [-0.3, -0.25) is 4.79 Å². The molecule has 0 aromatic heterocycles. The number of nitrogens with two attached hydrogens (primary N) is 1. The van der Waals surface area contributed by atoms with Crippen LogP contribution in [0.4, 0.5) is 5.69 Å². The third-order valence-electron chi connectivity index (χ3n) is 3.56. The molecule has 0 radical (unpaired) electrons. The summed E-state index contributed by atoms with van der Waals surface area (Å²) in [4.78, 5) is 13.7. The monoisotopic (exact) mass is 316 g/mol. The predicted molar refractivity (Wildman–Crippen MR) is 92.0 cm³/mol. The largest absolute Gasteiger partial charge is 0.322 e. The van der Waals surface area contributed by atoms with E-state index in [9.17, 15) is 4.79 Å². The topological polar surface area (TPSA) is 46.3 Å². The molecule has 0 fully saturated rings. The predicted octanol–water partition coefficient (Wildman–Crippen LogP) is 4.09. The molecule has 1 amide bonds. The van der Waals surface area contributed by atoms with Gasteiger partial charge in [0.2, 0.25) is 5.91 Å². The molecular formula is C18H21ClN2O. The fraction of sp³-hybridized carbons (Fsp3) is 0.278. The normalized spacial score (nSPS) is 11.3. The fourth-order valence-electron chi connectivity index (χ4n) is 2.23. The minimum atomic E-state index is -0.393. The number of halogens is 1. The van der Waals surface area contributed by atoms with E-state index in [1.165, 1.54) is 0 Å². The number of carbonyl (C=O) groups is 1. The van der Waals surface area contributed by atoms with Gasteiger partial charge in [-0.05, 0) is 49.2 Å². The van der Waals surface area contributed by atoms with Crippen LogP contribution < -0.4 is 10.6 Å². The van der Waals surface area contributed by atoms with Crippen LogP contribution in [0.15, 0.2) is 48.5 Å². The van der Waals surface area contributed by atoms with Crippen LogP contribution in [0.2, 0.25) is 5.02 Å². The lowest BCUT2D eigenvalue weighted by atomic mass is 9.95. The Bertz CT molecular complexity index is 642. The van der Waals surface area contributed by atoms with Gasteiger partial charge in [-0.1, -0.05) is 35.9 Å². The second-order valence-corrected chi connectivity index (χ2v) is 6.44. The van der Waals surface area contributed by atoms with Crippen LogP contribution in [0, 0.1) is 0 Å². The zero-order valence-electron chi connectivity index (χ0n) is 13.1. The molecule has 0 aliphatic heterocycles. The first-order valence-electron chi connectivity index (χ1n) is 7.19. The van der Waals surface area contributed by atoms with Crippen LogP contribution >= 0.6 is 11.6 Å². The molecular weight excluding hydrogens is 296 g/mol. The van der Waals surface area contributed by atoms with Crippen molar-refractivity contribution >= 4 is 23.2 Å². The summed E-state index contributed by atoms with van der Waals surface area (Å²) < 4.78 is 0. The van der Waals surface area contributed by atoms with E-state index in [1.807, 2.05) is 62.4 Å². The number of amides is 1. The number of rotatable bonds is 4. The van der Waals surface area contributed by atoms with Gasteiger partial charge in [0.05, 0.1) is 6.54 Å². The van der Waals surface area contributed by atoms with Crippen LogP contribution in [0.1, 0.15) is 31.9 Å². The van der Waals surface area contributed by atoms with E-state index in [2.05, 4.69) is 0 Å². The highest BCUT2D eigenvalue weighted by atomic mass is 35.5. The Labute approximate surface area is 136 Å². The lowest BCUT2D eigenvalue weighted by Gasteiger charge is -2.24. The summed E-state index contributed by atoms with van der Waals surface area (Å²) in [7, 11) is 0. The first-order valence-corrected chi connectivity index (χ1v) is 7.57. The van der Waals surface area contributed by atoms with Crippen molar-refractivity contribution in [1.29, 1.82) is 0 Å². The second-order valence-electron chi connectivity index (χ2n) is 6.00. The molecule has 2 aromatic rings. The first-order chi connectivity index (χ1) is 10.3. The summed E-state index contributed by atoms with van der Waals surface area (Å²) in [5, 5.41) is 0.688. The van der Waals surface area contributed by atoms with E-state index in [1.54, 1.807) is 11.8 Å². The maximum absolute atomic E-state index is 12.0. The van der Waals surface area contributed by atoms with Gasteiger partial charge in [-0.2, -0.15) is 0 Å². The van der Waals surface area contributed by atoms with Crippen LogP contribution in [0.25, 0.3) is 0 Å². The summed E-state index contributed by atoms with van der Waals surface area (Å²) >= 11 is 5.90. The Morgan fingerprint density at radius 2 is 1.64 bits per heavy atom. The van der Waals surface area contributed by atoms with Crippen LogP contribution in [-0.4, -0.2) is 5.91 Å². The highest BCUT2D eigenvalue weighted by Crippen LogP contribution is 2.23. The highest BCUT2D eigenvalue weighted by Gasteiger charge is 2.16. The molecule has 0 bridgehead atoms. The zero-order chi connectivity index (χ0) is 16.3. The lowest BCUT2D eigenvalue weighted by molar-refractivity contribution is -0.116. The smallest absolute Gasteiger partial charge is 0.224 e. The SMILES string of the molecule is CC(=O)N(Cc1ccc(Cl)cc1)c1ccc(C(C)(C)N)cc1. The van der Waals surface area contributed by atoms with Gasteiger partial charge < -0.3 is 10.6 Å². The minimum absolute atomic E-state index is 0.00490. The Morgan fingerprint density at radius 1 is 1.09 bits per heavy atom. The molecule has 0 saturated heterocycles. The van der Waals surface area contributed by atoms with Gasteiger partial charge in [0.25, 0.3) is 0 Å². The number of benzene rings is 2. The molecule has 0 aliphatic rings. The second kappa shape index (κ2) is 6.51. The van der Waals surface area contributed by atoms with Gasteiger partial charge in [-0.25, -0.2) is 0 Å². The summed E-state index contributed by atoms with van der Waals surface area (Å²) in [6.45, 7) is 5.99. The maximum atomic E-state index is 12.0. The Morgan fingerprint density at radius 3 is 2.09 bits per heavy atom. The molecule has 116 valence electrons. The molecule has 0 spiro atoms. The van der Waals surface area contributed by atoms with Gasteiger partial charge >= 0.3 is 0 Å². The van der Waals surface area contributed by atoms with Crippen molar-refractivity contribution in [2.24, 2.45) is 5.73 Å². The molecule has 3 nitrogen and oxygen atoms in total. The molecule has 2 N–H and O–H groups in total. The highest BCUT2D eigenvalue weighted by molar-refractivity contribution is 6.30. The molecule has 4 heteroatoms. The molecule has 2 rings (SSSR count). The molecule has 22 heavy (non-hydrogen) atoms. The zero-order valence-corrected chi connectivity index (χ0v) is 13.9.